The first-order valence-electron chi connectivity index (χ1n) is 9.18. The van der Waals surface area contributed by atoms with Gasteiger partial charge in [-0.25, -0.2) is 4.79 Å². The monoisotopic (exact) mass is 342 g/mol. The van der Waals surface area contributed by atoms with Crippen LogP contribution in [-0.2, 0) is 0 Å². The molecule has 1 aliphatic heterocycles. The van der Waals surface area contributed by atoms with Gasteiger partial charge in [0.25, 0.3) is 0 Å². The molecule has 2 aromatic rings. The summed E-state index contributed by atoms with van der Waals surface area (Å²) in [5.74, 6) is 0.735. The van der Waals surface area contributed by atoms with Gasteiger partial charge in [-0.15, -0.1) is 0 Å². The quantitative estimate of drug-likeness (QED) is 0.891. The first-order chi connectivity index (χ1) is 12.0. The number of aryl methyl sites for hydroxylation is 2. The van der Waals surface area contributed by atoms with E-state index in [-0.39, 0.29) is 12.1 Å². The lowest BCUT2D eigenvalue weighted by Crippen LogP contribution is -2.34. The third-order valence-electron chi connectivity index (χ3n) is 5.61. The first kappa shape index (κ1) is 16.2. The molecule has 2 aromatic heterocycles. The molecule has 2 N–H and O–H groups in total. The van der Waals surface area contributed by atoms with Gasteiger partial charge in [0, 0.05) is 24.0 Å². The maximum absolute atomic E-state index is 12.8. The Morgan fingerprint density at radius 2 is 2.16 bits per heavy atom. The second-order valence-electron chi connectivity index (χ2n) is 7.42. The van der Waals surface area contributed by atoms with Crippen LogP contribution in [0.25, 0.3) is 0 Å². The number of aromatic nitrogens is 4. The molecule has 25 heavy (non-hydrogen) atoms. The highest BCUT2D eigenvalue weighted by molar-refractivity contribution is 5.89. The van der Waals surface area contributed by atoms with Gasteiger partial charge in [-0.3, -0.25) is 9.78 Å². The molecule has 0 aromatic carbocycles. The minimum atomic E-state index is -0.0545. The summed E-state index contributed by atoms with van der Waals surface area (Å²) in [4.78, 5) is 14.7. The van der Waals surface area contributed by atoms with Crippen molar-refractivity contribution in [2.24, 2.45) is 5.92 Å². The van der Waals surface area contributed by atoms with E-state index < -0.39 is 0 Å². The molecule has 2 aliphatic rings. The molecule has 4 rings (SSSR count). The van der Waals surface area contributed by atoms with Gasteiger partial charge in [0.2, 0.25) is 0 Å². The Morgan fingerprint density at radius 1 is 1.36 bits per heavy atom. The van der Waals surface area contributed by atoms with Crippen molar-refractivity contribution in [2.45, 2.75) is 58.5 Å². The van der Waals surface area contributed by atoms with Gasteiger partial charge in [0.15, 0.2) is 0 Å². The van der Waals surface area contributed by atoms with Crippen LogP contribution in [0.3, 0.4) is 0 Å². The van der Waals surface area contributed by atoms with E-state index in [4.69, 9.17) is 0 Å². The van der Waals surface area contributed by atoms with Crippen LogP contribution in [0.15, 0.2) is 12.4 Å². The van der Waals surface area contributed by atoms with E-state index in [1.807, 2.05) is 29.6 Å². The Kier molecular flexibility index (Phi) is 4.01. The number of H-pyrrole nitrogens is 1. The zero-order valence-corrected chi connectivity index (χ0v) is 15.1. The van der Waals surface area contributed by atoms with E-state index >= 15 is 0 Å². The lowest BCUT2D eigenvalue weighted by Gasteiger charge is -2.25. The molecule has 2 amide bonds. The molecule has 3 heterocycles. The number of rotatable bonds is 4. The highest BCUT2D eigenvalue weighted by atomic mass is 16.2. The zero-order chi connectivity index (χ0) is 17.6. The molecule has 0 unspecified atom stereocenters. The predicted octanol–water partition coefficient (Wildman–Crippen LogP) is 3.56. The summed E-state index contributed by atoms with van der Waals surface area (Å²) in [5, 5.41) is 14.8. The topological polar surface area (TPSA) is 78.8 Å². The number of nitrogens with zero attached hydrogens (tertiary/aromatic N) is 4. The van der Waals surface area contributed by atoms with Gasteiger partial charge in [0.1, 0.15) is 0 Å². The number of hydrogen-bond donors (Lipinski definition) is 2. The SMILES string of the molecule is Cc1n[nH]c(C)c1[C@H]1CCCN1C(=O)Nc1cnn([C@H](C)C2CC2)c1. The van der Waals surface area contributed by atoms with Gasteiger partial charge in [-0.05, 0) is 52.4 Å². The van der Waals surface area contributed by atoms with Crippen molar-refractivity contribution < 1.29 is 4.79 Å². The van der Waals surface area contributed by atoms with Crippen LogP contribution in [0.5, 0.6) is 0 Å². The number of carbonyl (C=O) groups is 1. The fraction of sp³-hybridized carbons (Fsp3) is 0.611. The Bertz CT molecular complexity index is 755. The molecular weight excluding hydrogens is 316 g/mol. The number of urea groups is 1. The van der Waals surface area contributed by atoms with Crippen LogP contribution in [0.1, 0.15) is 61.6 Å². The molecule has 0 radical (unpaired) electrons. The van der Waals surface area contributed by atoms with Crippen molar-refractivity contribution in [1.82, 2.24) is 24.9 Å². The molecule has 1 saturated carbocycles. The van der Waals surface area contributed by atoms with Crippen LogP contribution in [0, 0.1) is 19.8 Å². The molecule has 0 bridgehead atoms. The molecule has 2 atom stereocenters. The van der Waals surface area contributed by atoms with Gasteiger partial charge >= 0.3 is 6.03 Å². The number of anilines is 1. The van der Waals surface area contributed by atoms with Crippen molar-refractivity contribution in [3.05, 3.63) is 29.3 Å². The first-order valence-corrected chi connectivity index (χ1v) is 9.18. The highest BCUT2D eigenvalue weighted by Gasteiger charge is 2.33. The third kappa shape index (κ3) is 3.03. The number of hydrogen-bond acceptors (Lipinski definition) is 3. The standard InChI is InChI=1S/C18H26N6O/c1-11-17(12(2)22-21-11)16-5-4-8-23(16)18(25)20-15-9-19-24(10-15)13(3)14-6-7-14/h9-10,13-14,16H,4-8H2,1-3H3,(H,20,25)(H,21,22)/t13-,16-/m1/s1. The van der Waals surface area contributed by atoms with Crippen molar-refractivity contribution in [2.75, 3.05) is 11.9 Å². The summed E-state index contributed by atoms with van der Waals surface area (Å²) in [6.07, 6.45) is 8.24. The molecule has 2 fully saturated rings. The number of aromatic amines is 1. The summed E-state index contributed by atoms with van der Waals surface area (Å²) in [6, 6.07) is 0.446. The van der Waals surface area contributed by atoms with Crippen LogP contribution in [0.4, 0.5) is 10.5 Å². The van der Waals surface area contributed by atoms with Gasteiger partial charge in [-0.1, -0.05) is 0 Å². The summed E-state index contributed by atoms with van der Waals surface area (Å²) in [7, 11) is 0. The summed E-state index contributed by atoms with van der Waals surface area (Å²) >= 11 is 0. The highest BCUT2D eigenvalue weighted by Crippen LogP contribution is 2.39. The molecule has 0 spiro atoms. The van der Waals surface area contributed by atoms with Crippen LogP contribution >= 0.6 is 0 Å². The van der Waals surface area contributed by atoms with Crippen molar-refractivity contribution >= 4 is 11.7 Å². The maximum Gasteiger partial charge on any atom is 0.322 e. The average molecular weight is 342 g/mol. The Hall–Kier alpha value is -2.31. The third-order valence-corrected chi connectivity index (χ3v) is 5.61. The molecule has 134 valence electrons. The predicted molar refractivity (Wildman–Crippen MR) is 95.4 cm³/mol. The fourth-order valence-electron chi connectivity index (χ4n) is 3.98. The molecule has 1 saturated heterocycles. The van der Waals surface area contributed by atoms with Crippen molar-refractivity contribution in [1.29, 1.82) is 0 Å². The van der Waals surface area contributed by atoms with Gasteiger partial charge < -0.3 is 10.2 Å². The van der Waals surface area contributed by atoms with Crippen LogP contribution in [0.2, 0.25) is 0 Å². The lowest BCUT2D eigenvalue weighted by molar-refractivity contribution is 0.207. The zero-order valence-electron chi connectivity index (χ0n) is 15.1. The molecule has 1 aliphatic carbocycles. The minimum Gasteiger partial charge on any atom is -0.317 e. The van der Waals surface area contributed by atoms with Crippen LogP contribution in [-0.4, -0.2) is 37.5 Å². The Morgan fingerprint density at radius 3 is 2.84 bits per heavy atom. The van der Waals surface area contributed by atoms with Gasteiger partial charge in [0.05, 0.1) is 29.7 Å². The Balaban J connectivity index is 1.47. The van der Waals surface area contributed by atoms with Crippen molar-refractivity contribution in [3.63, 3.8) is 0 Å². The number of carbonyl (C=O) groups excluding carboxylic acids is 1. The van der Waals surface area contributed by atoms with E-state index in [1.165, 1.54) is 12.8 Å². The molecular formula is C18H26N6O. The fourth-order valence-corrected chi connectivity index (χ4v) is 3.98. The summed E-state index contributed by atoms with van der Waals surface area (Å²) in [5.41, 5.74) is 3.95. The summed E-state index contributed by atoms with van der Waals surface area (Å²) < 4.78 is 1.97. The van der Waals surface area contributed by atoms with Gasteiger partial charge in [-0.2, -0.15) is 10.2 Å². The maximum atomic E-state index is 12.8. The number of nitrogens with one attached hydrogen (secondary N) is 2. The Labute approximate surface area is 147 Å². The number of likely N-dealkylation sites (tertiary alicyclic amines) is 1. The van der Waals surface area contributed by atoms with E-state index in [2.05, 4.69) is 27.5 Å². The number of amides is 2. The van der Waals surface area contributed by atoms with E-state index in [0.717, 1.165) is 47.9 Å². The second kappa shape index (κ2) is 6.20. The van der Waals surface area contributed by atoms with E-state index in [9.17, 15) is 4.79 Å². The normalized spacial score (nSPS) is 21.6. The van der Waals surface area contributed by atoms with E-state index in [1.54, 1.807) is 6.20 Å². The van der Waals surface area contributed by atoms with Crippen LogP contribution < -0.4 is 5.32 Å². The summed E-state index contributed by atoms with van der Waals surface area (Å²) in [6.45, 7) is 6.98. The van der Waals surface area contributed by atoms with E-state index in [0.29, 0.717) is 6.04 Å². The average Bonchev–Trinajstić information content (AvgIpc) is 2.98. The molecule has 7 heteroatoms. The smallest absolute Gasteiger partial charge is 0.317 e. The largest absolute Gasteiger partial charge is 0.322 e. The second-order valence-corrected chi connectivity index (χ2v) is 7.42. The molecule has 7 nitrogen and oxygen atoms in total. The lowest BCUT2D eigenvalue weighted by atomic mass is 10.0. The minimum absolute atomic E-state index is 0.0545. The van der Waals surface area contributed by atoms with Crippen molar-refractivity contribution in [3.8, 4) is 0 Å².